The number of nitrogens with two attached hydrogens (primary N) is 1. The fourth-order valence-electron chi connectivity index (χ4n) is 2.23. The van der Waals surface area contributed by atoms with Crippen LogP contribution in [-0.4, -0.2) is 38.7 Å². The lowest BCUT2D eigenvalue weighted by molar-refractivity contribution is -0.125. The van der Waals surface area contributed by atoms with Crippen molar-refractivity contribution in [2.75, 3.05) is 31.6 Å². The van der Waals surface area contributed by atoms with Gasteiger partial charge in [-0.15, -0.1) is 0 Å². The molecule has 1 aliphatic rings. The number of benzene rings is 1. The topological polar surface area (TPSA) is 67.6 Å². The predicted octanol–water partition coefficient (Wildman–Crippen LogP) is 0.521. The molecule has 0 saturated carbocycles. The molecule has 19 heavy (non-hydrogen) atoms. The summed E-state index contributed by atoms with van der Waals surface area (Å²) in [5, 5.41) is 3.07. The summed E-state index contributed by atoms with van der Waals surface area (Å²) in [5.41, 5.74) is 7.56. The van der Waals surface area contributed by atoms with Crippen LogP contribution in [0.5, 0.6) is 5.75 Å². The van der Waals surface area contributed by atoms with Crippen molar-refractivity contribution in [2.45, 2.75) is 19.4 Å². The van der Waals surface area contributed by atoms with Crippen LogP contribution >= 0.6 is 0 Å². The SMILES string of the molecule is CNCCN1C(=O)C(C)Oc2ccc(CCN)cc21. The first-order valence-corrected chi connectivity index (χ1v) is 6.63. The minimum absolute atomic E-state index is 0.00708. The zero-order chi connectivity index (χ0) is 13.8. The highest BCUT2D eigenvalue weighted by molar-refractivity contribution is 5.99. The monoisotopic (exact) mass is 263 g/mol. The van der Waals surface area contributed by atoms with Crippen LogP contribution in [0.25, 0.3) is 0 Å². The largest absolute Gasteiger partial charge is 0.479 e. The van der Waals surface area contributed by atoms with E-state index in [1.54, 1.807) is 11.8 Å². The summed E-state index contributed by atoms with van der Waals surface area (Å²) in [4.78, 5) is 14.0. The van der Waals surface area contributed by atoms with E-state index in [4.69, 9.17) is 10.5 Å². The van der Waals surface area contributed by atoms with Gasteiger partial charge in [-0.1, -0.05) is 6.07 Å². The maximum absolute atomic E-state index is 12.2. The number of amides is 1. The Morgan fingerprint density at radius 3 is 2.95 bits per heavy atom. The molecule has 104 valence electrons. The number of carbonyl (C=O) groups is 1. The highest BCUT2D eigenvalue weighted by Gasteiger charge is 2.31. The summed E-state index contributed by atoms with van der Waals surface area (Å²) < 4.78 is 5.64. The molecule has 0 bridgehead atoms. The second-order valence-electron chi connectivity index (χ2n) is 4.69. The van der Waals surface area contributed by atoms with Crippen molar-refractivity contribution < 1.29 is 9.53 Å². The van der Waals surface area contributed by atoms with Crippen molar-refractivity contribution in [2.24, 2.45) is 5.73 Å². The van der Waals surface area contributed by atoms with Crippen LogP contribution in [0.15, 0.2) is 18.2 Å². The normalized spacial score (nSPS) is 18.2. The van der Waals surface area contributed by atoms with Gasteiger partial charge in [-0.3, -0.25) is 4.79 Å². The molecule has 0 aromatic heterocycles. The standard InChI is InChI=1S/C14H21N3O2/c1-10-14(18)17(8-7-16-2)12-9-11(5-6-15)3-4-13(12)19-10/h3-4,9-10,16H,5-8,15H2,1-2H3. The third-order valence-corrected chi connectivity index (χ3v) is 3.25. The molecule has 5 nitrogen and oxygen atoms in total. The second-order valence-corrected chi connectivity index (χ2v) is 4.69. The van der Waals surface area contributed by atoms with E-state index >= 15 is 0 Å². The van der Waals surface area contributed by atoms with Gasteiger partial charge in [0.25, 0.3) is 5.91 Å². The summed E-state index contributed by atoms with van der Waals surface area (Å²) in [7, 11) is 1.88. The van der Waals surface area contributed by atoms with Gasteiger partial charge in [-0.2, -0.15) is 0 Å². The van der Waals surface area contributed by atoms with E-state index in [0.717, 1.165) is 30.0 Å². The van der Waals surface area contributed by atoms with E-state index in [9.17, 15) is 4.79 Å². The third kappa shape index (κ3) is 2.88. The van der Waals surface area contributed by atoms with Gasteiger partial charge in [-0.05, 0) is 44.6 Å². The van der Waals surface area contributed by atoms with Crippen LogP contribution in [0.3, 0.4) is 0 Å². The lowest BCUT2D eigenvalue weighted by Gasteiger charge is -2.33. The van der Waals surface area contributed by atoms with E-state index in [2.05, 4.69) is 5.32 Å². The van der Waals surface area contributed by atoms with Crippen LogP contribution in [0, 0.1) is 0 Å². The molecule has 1 amide bonds. The third-order valence-electron chi connectivity index (χ3n) is 3.25. The number of anilines is 1. The number of hydrogen-bond acceptors (Lipinski definition) is 4. The molecule has 0 spiro atoms. The van der Waals surface area contributed by atoms with E-state index in [1.807, 2.05) is 25.2 Å². The molecule has 1 aliphatic heterocycles. The number of carbonyl (C=O) groups excluding carboxylic acids is 1. The summed E-state index contributed by atoms with van der Waals surface area (Å²) in [6, 6.07) is 5.93. The van der Waals surface area contributed by atoms with Gasteiger partial charge in [-0.25, -0.2) is 0 Å². The summed E-state index contributed by atoms with van der Waals surface area (Å²) in [5.74, 6) is 0.775. The molecule has 0 saturated heterocycles. The van der Waals surface area contributed by atoms with Gasteiger partial charge in [0.15, 0.2) is 6.10 Å². The summed E-state index contributed by atoms with van der Waals surface area (Å²) in [6.45, 7) is 3.77. The Labute approximate surface area is 113 Å². The molecule has 1 aromatic rings. The van der Waals surface area contributed by atoms with Gasteiger partial charge >= 0.3 is 0 Å². The lowest BCUT2D eigenvalue weighted by atomic mass is 10.1. The molecule has 0 radical (unpaired) electrons. The molecule has 0 aliphatic carbocycles. The van der Waals surface area contributed by atoms with Crippen molar-refractivity contribution in [3.8, 4) is 5.75 Å². The lowest BCUT2D eigenvalue weighted by Crippen LogP contribution is -2.46. The Morgan fingerprint density at radius 1 is 1.47 bits per heavy atom. The molecule has 1 unspecified atom stereocenters. The number of nitrogens with zero attached hydrogens (tertiary/aromatic N) is 1. The highest BCUT2D eigenvalue weighted by atomic mass is 16.5. The maximum atomic E-state index is 12.2. The Bertz CT molecular complexity index is 462. The molecular weight excluding hydrogens is 242 g/mol. The number of nitrogens with one attached hydrogen (secondary N) is 1. The fraction of sp³-hybridized carbons (Fsp3) is 0.500. The molecule has 3 N–H and O–H groups in total. The molecular formula is C14H21N3O2. The van der Waals surface area contributed by atoms with Crippen molar-refractivity contribution in [3.63, 3.8) is 0 Å². The summed E-state index contributed by atoms with van der Waals surface area (Å²) in [6.07, 6.45) is 0.376. The Balaban J connectivity index is 2.33. The highest BCUT2D eigenvalue weighted by Crippen LogP contribution is 2.34. The average Bonchev–Trinajstić information content (AvgIpc) is 2.40. The molecule has 1 aromatic carbocycles. The minimum atomic E-state index is -0.426. The van der Waals surface area contributed by atoms with Crippen LogP contribution in [-0.2, 0) is 11.2 Å². The first-order chi connectivity index (χ1) is 9.17. The van der Waals surface area contributed by atoms with Crippen molar-refractivity contribution in [1.82, 2.24) is 5.32 Å². The number of fused-ring (bicyclic) bond motifs is 1. The molecule has 1 heterocycles. The van der Waals surface area contributed by atoms with Gasteiger partial charge in [0, 0.05) is 13.1 Å². The van der Waals surface area contributed by atoms with Gasteiger partial charge in [0.2, 0.25) is 0 Å². The van der Waals surface area contributed by atoms with E-state index < -0.39 is 6.10 Å². The van der Waals surface area contributed by atoms with Gasteiger partial charge < -0.3 is 20.7 Å². The van der Waals surface area contributed by atoms with Crippen molar-refractivity contribution >= 4 is 11.6 Å². The van der Waals surface area contributed by atoms with Gasteiger partial charge in [0.1, 0.15) is 5.75 Å². The Hall–Kier alpha value is -1.59. The molecule has 0 fully saturated rings. The smallest absolute Gasteiger partial charge is 0.267 e. The van der Waals surface area contributed by atoms with Crippen molar-refractivity contribution in [1.29, 1.82) is 0 Å². The van der Waals surface area contributed by atoms with Gasteiger partial charge in [0.05, 0.1) is 5.69 Å². The fourth-order valence-corrected chi connectivity index (χ4v) is 2.23. The average molecular weight is 263 g/mol. The predicted molar refractivity (Wildman–Crippen MR) is 75.6 cm³/mol. The first kappa shape index (κ1) is 13.8. The molecule has 5 heteroatoms. The van der Waals surface area contributed by atoms with Crippen LogP contribution in [0.2, 0.25) is 0 Å². The van der Waals surface area contributed by atoms with Crippen LogP contribution < -0.4 is 20.7 Å². The molecule has 1 atom stereocenters. The second kappa shape index (κ2) is 6.04. The Kier molecular flexibility index (Phi) is 4.39. The van der Waals surface area contributed by atoms with E-state index in [-0.39, 0.29) is 5.91 Å². The van der Waals surface area contributed by atoms with Crippen molar-refractivity contribution in [3.05, 3.63) is 23.8 Å². The summed E-state index contributed by atoms with van der Waals surface area (Å²) >= 11 is 0. The van der Waals surface area contributed by atoms with Crippen LogP contribution in [0.4, 0.5) is 5.69 Å². The number of likely N-dealkylation sites (N-methyl/N-ethyl adjacent to an activating group) is 1. The zero-order valence-electron chi connectivity index (χ0n) is 11.5. The van der Waals surface area contributed by atoms with E-state index in [0.29, 0.717) is 13.1 Å². The first-order valence-electron chi connectivity index (χ1n) is 6.63. The quantitative estimate of drug-likeness (QED) is 0.813. The Morgan fingerprint density at radius 2 is 2.26 bits per heavy atom. The minimum Gasteiger partial charge on any atom is -0.479 e. The van der Waals surface area contributed by atoms with E-state index in [1.165, 1.54) is 0 Å². The zero-order valence-corrected chi connectivity index (χ0v) is 11.5. The number of rotatable bonds is 5. The van der Waals surface area contributed by atoms with Crippen LogP contribution in [0.1, 0.15) is 12.5 Å². The number of ether oxygens (including phenoxy) is 1. The molecule has 2 rings (SSSR count). The maximum Gasteiger partial charge on any atom is 0.267 e. The number of hydrogen-bond donors (Lipinski definition) is 2.